The van der Waals surface area contributed by atoms with Gasteiger partial charge >= 0.3 is 5.97 Å². The van der Waals surface area contributed by atoms with Crippen molar-refractivity contribution >= 4 is 17.6 Å². The predicted molar refractivity (Wildman–Crippen MR) is 77.0 cm³/mol. The Bertz CT molecular complexity index is 467. The molecule has 0 saturated carbocycles. The van der Waals surface area contributed by atoms with Crippen LogP contribution in [0.4, 0.5) is 5.69 Å². The first-order valence-electron chi connectivity index (χ1n) is 6.55. The molecule has 1 rings (SSSR count). The number of benzene rings is 1. The molecule has 5 nitrogen and oxygen atoms in total. The zero-order valence-electron chi connectivity index (χ0n) is 12.3. The van der Waals surface area contributed by atoms with E-state index in [0.29, 0.717) is 5.75 Å². The quantitative estimate of drug-likeness (QED) is 0.868. The summed E-state index contributed by atoms with van der Waals surface area (Å²) in [6, 6.07) is 6.79. The van der Waals surface area contributed by atoms with E-state index in [0.717, 1.165) is 5.69 Å². The van der Waals surface area contributed by atoms with Crippen LogP contribution in [-0.2, 0) is 9.59 Å². The van der Waals surface area contributed by atoms with E-state index in [1.165, 1.54) is 0 Å². The molecule has 1 aromatic carbocycles. The standard InChI is InChI=1S/C15H21NO4/c1-10(2)11(3)15(19)16(4)12-5-7-13(8-6-12)20-9-14(17)18/h5-8,10-11H,9H2,1-4H3,(H,17,18). The lowest BCUT2D eigenvalue weighted by Gasteiger charge is -2.23. The Morgan fingerprint density at radius 1 is 1.20 bits per heavy atom. The molecule has 0 heterocycles. The summed E-state index contributed by atoms with van der Waals surface area (Å²) in [5.41, 5.74) is 0.755. The molecule has 0 saturated heterocycles. The Labute approximate surface area is 119 Å². The molecule has 0 bridgehead atoms. The minimum absolute atomic E-state index is 0.0528. The van der Waals surface area contributed by atoms with Crippen molar-refractivity contribution in [1.82, 2.24) is 0 Å². The highest BCUT2D eigenvalue weighted by atomic mass is 16.5. The van der Waals surface area contributed by atoms with Crippen LogP contribution >= 0.6 is 0 Å². The van der Waals surface area contributed by atoms with E-state index in [1.54, 1.807) is 36.2 Å². The number of ether oxygens (including phenoxy) is 1. The van der Waals surface area contributed by atoms with Gasteiger partial charge in [0.05, 0.1) is 0 Å². The van der Waals surface area contributed by atoms with Crippen LogP contribution < -0.4 is 9.64 Å². The SMILES string of the molecule is CC(C)C(C)C(=O)N(C)c1ccc(OCC(=O)O)cc1. The van der Waals surface area contributed by atoms with E-state index < -0.39 is 5.97 Å². The van der Waals surface area contributed by atoms with Gasteiger partial charge in [0.1, 0.15) is 5.75 Å². The van der Waals surface area contributed by atoms with Crippen molar-refractivity contribution in [2.24, 2.45) is 11.8 Å². The predicted octanol–water partition coefficient (Wildman–Crippen LogP) is 2.40. The van der Waals surface area contributed by atoms with E-state index in [4.69, 9.17) is 9.84 Å². The molecule has 0 aromatic heterocycles. The van der Waals surface area contributed by atoms with E-state index in [1.807, 2.05) is 20.8 Å². The Kier molecular flexibility index (Phi) is 5.55. The second kappa shape index (κ2) is 6.93. The summed E-state index contributed by atoms with van der Waals surface area (Å²) in [4.78, 5) is 24.2. The molecule has 0 aliphatic rings. The van der Waals surface area contributed by atoms with Crippen molar-refractivity contribution in [2.75, 3.05) is 18.6 Å². The third kappa shape index (κ3) is 4.26. The first-order chi connectivity index (χ1) is 9.32. The van der Waals surface area contributed by atoms with Crippen molar-refractivity contribution in [3.8, 4) is 5.75 Å². The van der Waals surface area contributed by atoms with E-state index in [9.17, 15) is 9.59 Å². The summed E-state index contributed by atoms with van der Waals surface area (Å²) < 4.78 is 5.05. The largest absolute Gasteiger partial charge is 0.482 e. The lowest BCUT2D eigenvalue weighted by Crippen LogP contribution is -2.33. The van der Waals surface area contributed by atoms with Crippen LogP contribution in [0.1, 0.15) is 20.8 Å². The van der Waals surface area contributed by atoms with Crippen LogP contribution in [0.25, 0.3) is 0 Å². The van der Waals surface area contributed by atoms with Crippen LogP contribution in [0.3, 0.4) is 0 Å². The number of nitrogens with zero attached hydrogens (tertiary/aromatic N) is 1. The minimum Gasteiger partial charge on any atom is -0.482 e. The number of amides is 1. The molecular formula is C15H21NO4. The van der Waals surface area contributed by atoms with Crippen molar-refractivity contribution < 1.29 is 19.4 Å². The first kappa shape index (κ1) is 16.0. The second-order valence-corrected chi connectivity index (χ2v) is 5.11. The average Bonchev–Trinajstić information content (AvgIpc) is 2.43. The molecule has 1 N–H and O–H groups in total. The number of carboxylic acids is 1. The van der Waals surface area contributed by atoms with Gasteiger partial charge in [-0.2, -0.15) is 0 Å². The van der Waals surface area contributed by atoms with Crippen molar-refractivity contribution in [3.05, 3.63) is 24.3 Å². The lowest BCUT2D eigenvalue weighted by atomic mass is 9.96. The molecule has 1 amide bonds. The van der Waals surface area contributed by atoms with Crippen molar-refractivity contribution in [2.45, 2.75) is 20.8 Å². The zero-order valence-corrected chi connectivity index (χ0v) is 12.3. The van der Waals surface area contributed by atoms with Gasteiger partial charge in [0.2, 0.25) is 5.91 Å². The summed E-state index contributed by atoms with van der Waals surface area (Å²) >= 11 is 0. The highest BCUT2D eigenvalue weighted by molar-refractivity contribution is 5.94. The Balaban J connectivity index is 2.72. The monoisotopic (exact) mass is 279 g/mol. The Morgan fingerprint density at radius 3 is 2.20 bits per heavy atom. The van der Waals surface area contributed by atoms with Crippen LogP contribution in [0.2, 0.25) is 0 Å². The van der Waals surface area contributed by atoms with Crippen molar-refractivity contribution in [3.63, 3.8) is 0 Å². The summed E-state index contributed by atoms with van der Waals surface area (Å²) in [5.74, 6) is -0.272. The maximum Gasteiger partial charge on any atom is 0.341 e. The number of anilines is 1. The van der Waals surface area contributed by atoms with Gasteiger partial charge in [0, 0.05) is 18.7 Å². The maximum atomic E-state index is 12.2. The van der Waals surface area contributed by atoms with Gasteiger partial charge in [-0.25, -0.2) is 4.79 Å². The van der Waals surface area contributed by atoms with Gasteiger partial charge in [0.15, 0.2) is 6.61 Å². The smallest absolute Gasteiger partial charge is 0.341 e. The zero-order chi connectivity index (χ0) is 15.3. The van der Waals surface area contributed by atoms with Gasteiger partial charge in [-0.1, -0.05) is 20.8 Å². The molecule has 0 spiro atoms. The molecule has 1 atom stereocenters. The Hall–Kier alpha value is -2.04. The molecule has 0 fully saturated rings. The highest BCUT2D eigenvalue weighted by Gasteiger charge is 2.21. The van der Waals surface area contributed by atoms with Crippen molar-refractivity contribution in [1.29, 1.82) is 0 Å². The number of carboxylic acid groups (broad SMARTS) is 1. The molecule has 0 aliphatic heterocycles. The third-order valence-electron chi connectivity index (χ3n) is 3.31. The molecule has 20 heavy (non-hydrogen) atoms. The van der Waals surface area contributed by atoms with Crippen LogP contribution in [-0.4, -0.2) is 30.6 Å². The van der Waals surface area contributed by atoms with Gasteiger partial charge in [-0.05, 0) is 30.2 Å². The third-order valence-corrected chi connectivity index (χ3v) is 3.31. The summed E-state index contributed by atoms with van der Waals surface area (Å²) in [7, 11) is 1.73. The molecule has 0 radical (unpaired) electrons. The highest BCUT2D eigenvalue weighted by Crippen LogP contribution is 2.21. The van der Waals surface area contributed by atoms with Crippen LogP contribution in [0, 0.1) is 11.8 Å². The van der Waals surface area contributed by atoms with Gasteiger partial charge < -0.3 is 14.7 Å². The van der Waals surface area contributed by atoms with E-state index in [2.05, 4.69) is 0 Å². The normalized spacial score (nSPS) is 12.1. The summed E-state index contributed by atoms with van der Waals surface area (Å²) in [6.45, 7) is 5.56. The number of hydrogen-bond donors (Lipinski definition) is 1. The molecule has 1 unspecified atom stereocenters. The minimum atomic E-state index is -1.02. The lowest BCUT2D eigenvalue weighted by molar-refractivity contribution is -0.139. The number of carbonyl (C=O) groups excluding carboxylic acids is 1. The van der Waals surface area contributed by atoms with Gasteiger partial charge in [-0.15, -0.1) is 0 Å². The van der Waals surface area contributed by atoms with Gasteiger partial charge in [0.25, 0.3) is 0 Å². The molecule has 5 heteroatoms. The van der Waals surface area contributed by atoms with Crippen LogP contribution in [0.15, 0.2) is 24.3 Å². The number of carbonyl (C=O) groups is 2. The van der Waals surface area contributed by atoms with Crippen LogP contribution in [0.5, 0.6) is 5.75 Å². The first-order valence-corrected chi connectivity index (χ1v) is 6.55. The Morgan fingerprint density at radius 2 is 1.75 bits per heavy atom. The maximum absolute atomic E-state index is 12.2. The van der Waals surface area contributed by atoms with E-state index in [-0.39, 0.29) is 24.3 Å². The number of hydrogen-bond acceptors (Lipinski definition) is 3. The average molecular weight is 279 g/mol. The summed E-state index contributed by atoms with van der Waals surface area (Å²) in [6.07, 6.45) is 0. The van der Waals surface area contributed by atoms with Gasteiger partial charge in [-0.3, -0.25) is 4.79 Å². The fraction of sp³-hybridized carbons (Fsp3) is 0.467. The fourth-order valence-electron chi connectivity index (χ4n) is 1.63. The number of rotatable bonds is 6. The molecular weight excluding hydrogens is 258 g/mol. The topological polar surface area (TPSA) is 66.8 Å². The fourth-order valence-corrected chi connectivity index (χ4v) is 1.63. The molecule has 0 aliphatic carbocycles. The second-order valence-electron chi connectivity index (χ2n) is 5.11. The molecule has 110 valence electrons. The number of aliphatic carboxylic acids is 1. The van der Waals surface area contributed by atoms with E-state index >= 15 is 0 Å². The molecule has 1 aromatic rings. The summed E-state index contributed by atoms with van der Waals surface area (Å²) in [5, 5.41) is 8.53.